The number of thioether (sulfide) groups is 1. The van der Waals surface area contributed by atoms with Gasteiger partial charge < -0.3 is 29.5 Å². The van der Waals surface area contributed by atoms with Gasteiger partial charge in [-0.2, -0.15) is 0 Å². The number of carbonyl (C=O) groups is 2. The van der Waals surface area contributed by atoms with E-state index < -0.39 is 17.5 Å². The van der Waals surface area contributed by atoms with Crippen molar-refractivity contribution in [2.75, 3.05) is 38.8 Å². The predicted octanol–water partition coefficient (Wildman–Crippen LogP) is 0.620. The minimum absolute atomic E-state index is 0.141. The van der Waals surface area contributed by atoms with Gasteiger partial charge in [0.05, 0.1) is 19.8 Å². The Hall–Kier alpha value is -2.37. The Kier molecular flexibility index (Phi) is 7.39. The lowest BCUT2D eigenvalue weighted by Crippen LogP contribution is -2.33. The lowest BCUT2D eigenvalue weighted by atomic mass is 10.1. The third-order valence-corrected chi connectivity index (χ3v) is 4.74. The third kappa shape index (κ3) is 5.81. The van der Waals surface area contributed by atoms with E-state index in [-0.39, 0.29) is 56.0 Å². The van der Waals surface area contributed by atoms with E-state index >= 15 is 0 Å². The second kappa shape index (κ2) is 9.53. The second-order valence-corrected chi connectivity index (χ2v) is 6.66. The average Bonchev–Trinajstić information content (AvgIpc) is 3.02. The number of aromatic nitrogens is 1. The second-order valence-electron chi connectivity index (χ2n) is 5.70. The van der Waals surface area contributed by atoms with Crippen LogP contribution in [0.25, 0.3) is 0 Å². The molecule has 1 aromatic rings. The molecule has 11 heteroatoms. The van der Waals surface area contributed by atoms with Gasteiger partial charge in [-0.3, -0.25) is 4.99 Å². The zero-order valence-corrected chi connectivity index (χ0v) is 15.4. The molecule has 0 amide bonds. The van der Waals surface area contributed by atoms with Crippen LogP contribution in [0.1, 0.15) is 12.6 Å². The molecule has 1 aromatic heterocycles. The molecule has 0 saturated heterocycles. The minimum atomic E-state index is -1.25. The lowest BCUT2D eigenvalue weighted by Gasteiger charge is -2.12. The van der Waals surface area contributed by atoms with Crippen LogP contribution in [0, 0.1) is 0 Å². The first kappa shape index (κ1) is 20.9. The fourth-order valence-corrected chi connectivity index (χ4v) is 3.19. The number of carboxylic acid groups (broad SMARTS) is 2. The minimum Gasteiger partial charge on any atom is -0.503 e. The highest BCUT2D eigenvalue weighted by Gasteiger charge is 2.39. The monoisotopic (exact) mass is 400 g/mol. The number of pyridine rings is 1. The van der Waals surface area contributed by atoms with E-state index in [2.05, 4.69) is 9.98 Å². The Bertz CT molecular complexity index is 726. The van der Waals surface area contributed by atoms with E-state index in [1.807, 2.05) is 0 Å². The molecule has 0 radical (unpaired) electrons. The topological polar surface area (TPSA) is 148 Å². The molecule has 27 heavy (non-hydrogen) atoms. The summed E-state index contributed by atoms with van der Waals surface area (Å²) in [4.78, 5) is 29.8. The van der Waals surface area contributed by atoms with Gasteiger partial charge in [0.2, 0.25) is 0 Å². The number of hydrogen-bond donors (Lipinski definition) is 3. The van der Waals surface area contributed by atoms with Gasteiger partial charge in [0.15, 0.2) is 17.0 Å². The van der Waals surface area contributed by atoms with Gasteiger partial charge in [-0.15, -0.1) is 11.8 Å². The highest BCUT2D eigenvalue weighted by molar-refractivity contribution is 8.14. The molecule has 1 aliphatic rings. The number of hydrogen-bond acceptors (Lipinski definition) is 9. The number of carboxylic acids is 2. The van der Waals surface area contributed by atoms with E-state index in [4.69, 9.17) is 19.3 Å². The van der Waals surface area contributed by atoms with Crippen molar-refractivity contribution in [3.05, 3.63) is 18.0 Å². The van der Waals surface area contributed by atoms with Crippen molar-refractivity contribution in [2.24, 2.45) is 4.99 Å². The van der Waals surface area contributed by atoms with Gasteiger partial charge in [0.25, 0.3) is 0 Å². The van der Waals surface area contributed by atoms with E-state index in [1.54, 1.807) is 0 Å². The molecule has 0 saturated carbocycles. The Labute approximate surface area is 159 Å². The molecule has 1 unspecified atom stereocenters. The molecule has 0 bridgehead atoms. The summed E-state index contributed by atoms with van der Waals surface area (Å²) in [5, 5.41) is 28.3. The summed E-state index contributed by atoms with van der Waals surface area (Å²) >= 11 is 1.21. The number of aromatic hydroxyl groups is 1. The molecule has 10 nitrogen and oxygen atoms in total. The van der Waals surface area contributed by atoms with Crippen LogP contribution in [0.2, 0.25) is 0 Å². The first-order valence-electron chi connectivity index (χ1n) is 7.98. The summed E-state index contributed by atoms with van der Waals surface area (Å²) in [7, 11) is 0. The van der Waals surface area contributed by atoms with E-state index in [9.17, 15) is 19.8 Å². The highest BCUT2D eigenvalue weighted by atomic mass is 32.2. The summed E-state index contributed by atoms with van der Waals surface area (Å²) < 4.78 is 15.5. The summed E-state index contributed by atoms with van der Waals surface area (Å²) in [6, 6.07) is 1.48. The summed E-state index contributed by atoms with van der Waals surface area (Å²) in [5.41, 5.74) is -1.08. The van der Waals surface area contributed by atoms with Crippen molar-refractivity contribution in [3.8, 4) is 11.5 Å². The smallest absolute Gasteiger partial charge is 0.332 e. The molecule has 2 heterocycles. The van der Waals surface area contributed by atoms with Crippen LogP contribution in [0.5, 0.6) is 11.5 Å². The highest BCUT2D eigenvalue weighted by Crippen LogP contribution is 2.36. The van der Waals surface area contributed by atoms with Crippen LogP contribution in [-0.2, 0) is 19.1 Å². The summed E-state index contributed by atoms with van der Waals surface area (Å²) in [6.07, 6.45) is 1.44. The van der Waals surface area contributed by atoms with Crippen LogP contribution in [0.3, 0.4) is 0 Å². The van der Waals surface area contributed by atoms with Crippen LogP contribution in [0.15, 0.2) is 17.3 Å². The van der Waals surface area contributed by atoms with Gasteiger partial charge in [0.1, 0.15) is 24.0 Å². The van der Waals surface area contributed by atoms with Crippen LogP contribution < -0.4 is 4.74 Å². The Morgan fingerprint density at radius 1 is 1.22 bits per heavy atom. The quantitative estimate of drug-likeness (QED) is 0.451. The fraction of sp³-hybridized carbons (Fsp3) is 0.500. The van der Waals surface area contributed by atoms with E-state index in [1.165, 1.54) is 30.9 Å². The van der Waals surface area contributed by atoms with Crippen LogP contribution in [0.4, 0.5) is 0 Å². The molecular formula is C16H20N2O8S. The van der Waals surface area contributed by atoms with Crippen molar-refractivity contribution >= 4 is 28.7 Å². The Balaban J connectivity index is 1.85. The maximum Gasteiger partial charge on any atom is 0.332 e. The fourth-order valence-electron chi connectivity index (χ4n) is 2.03. The molecule has 1 atom stereocenters. The largest absolute Gasteiger partial charge is 0.503 e. The predicted molar refractivity (Wildman–Crippen MR) is 95.7 cm³/mol. The van der Waals surface area contributed by atoms with Crippen LogP contribution >= 0.6 is 11.8 Å². The molecular weight excluding hydrogens is 380 g/mol. The van der Waals surface area contributed by atoms with Gasteiger partial charge >= 0.3 is 11.9 Å². The molecule has 2 rings (SSSR count). The molecule has 0 aromatic carbocycles. The van der Waals surface area contributed by atoms with Gasteiger partial charge in [-0.1, -0.05) is 0 Å². The van der Waals surface area contributed by atoms with Gasteiger partial charge in [-0.25, -0.2) is 14.6 Å². The van der Waals surface area contributed by atoms with Crippen molar-refractivity contribution in [2.45, 2.75) is 12.5 Å². The maximum absolute atomic E-state index is 11.3. The standard InChI is InChI=1S/C16H20N2O8S/c1-16(15(22)23)9-27-14(18-16)12-13(21)10(2-3-17-12)26-7-6-24-4-5-25-8-11(19)20/h2-3,21H,4-9H2,1H3,(H,19,20)(H,22,23). The van der Waals surface area contributed by atoms with Crippen molar-refractivity contribution in [1.29, 1.82) is 0 Å². The molecule has 148 valence electrons. The van der Waals surface area contributed by atoms with Crippen molar-refractivity contribution in [1.82, 2.24) is 4.98 Å². The van der Waals surface area contributed by atoms with E-state index in [0.717, 1.165) is 0 Å². The zero-order valence-electron chi connectivity index (χ0n) is 14.6. The maximum atomic E-state index is 11.3. The molecule has 0 fully saturated rings. The lowest BCUT2D eigenvalue weighted by molar-refractivity contribution is -0.143. The van der Waals surface area contributed by atoms with Crippen LogP contribution in [-0.4, -0.2) is 81.6 Å². The number of aliphatic imine (C=N–C) groups is 1. The SMILES string of the molecule is CC1(C(=O)O)CSC(c2nccc(OCCOCCOCC(=O)O)c2O)=N1. The van der Waals surface area contributed by atoms with E-state index in [0.29, 0.717) is 5.04 Å². The number of rotatable bonds is 11. The van der Waals surface area contributed by atoms with Crippen molar-refractivity contribution < 1.29 is 39.1 Å². The Morgan fingerprint density at radius 2 is 1.93 bits per heavy atom. The van der Waals surface area contributed by atoms with Gasteiger partial charge in [-0.05, 0) is 6.92 Å². The molecule has 0 spiro atoms. The normalized spacial score (nSPS) is 18.9. The average molecular weight is 400 g/mol. The number of ether oxygens (including phenoxy) is 3. The number of aliphatic carboxylic acids is 2. The molecule has 1 aliphatic heterocycles. The zero-order chi connectivity index (χ0) is 19.9. The first-order chi connectivity index (χ1) is 12.8. The first-order valence-corrected chi connectivity index (χ1v) is 8.96. The van der Waals surface area contributed by atoms with Gasteiger partial charge in [0, 0.05) is 18.0 Å². The molecule has 3 N–H and O–H groups in total. The van der Waals surface area contributed by atoms with Crippen molar-refractivity contribution in [3.63, 3.8) is 0 Å². The number of nitrogens with zero attached hydrogens (tertiary/aromatic N) is 2. The summed E-state index contributed by atoms with van der Waals surface area (Å²) in [6.45, 7) is 1.84. The Morgan fingerprint density at radius 3 is 2.59 bits per heavy atom. The molecule has 0 aliphatic carbocycles. The summed E-state index contributed by atoms with van der Waals surface area (Å²) in [5.74, 6) is -1.87. The third-order valence-electron chi connectivity index (χ3n) is 3.47.